The van der Waals surface area contributed by atoms with E-state index < -0.39 is 97.5 Å². The number of rotatable bonds is 81. The fraction of sp³-hybridized carbons (Fsp3) is 0.952. The van der Waals surface area contributed by atoms with Crippen molar-refractivity contribution in [2.45, 2.75) is 453 Å². The van der Waals surface area contributed by atoms with Gasteiger partial charge in [0.1, 0.15) is 19.3 Å². The highest BCUT2D eigenvalue weighted by Gasteiger charge is 2.30. The third-order valence-electron chi connectivity index (χ3n) is 19.6. The van der Waals surface area contributed by atoms with Crippen LogP contribution in [-0.4, -0.2) is 96.7 Å². The van der Waals surface area contributed by atoms with Gasteiger partial charge in [0.25, 0.3) is 0 Å². The molecular formula is C84H164O17P2. The molecule has 103 heavy (non-hydrogen) atoms. The van der Waals surface area contributed by atoms with Crippen LogP contribution in [0, 0.1) is 23.7 Å². The highest BCUT2D eigenvalue weighted by Crippen LogP contribution is 2.45. The summed E-state index contributed by atoms with van der Waals surface area (Å²) in [6.07, 6.45) is 61.1. The number of hydrogen-bond acceptors (Lipinski definition) is 15. The Morgan fingerprint density at radius 3 is 0.602 bits per heavy atom. The topological polar surface area (TPSA) is 237 Å². The molecule has 0 aromatic heterocycles. The zero-order chi connectivity index (χ0) is 76.0. The van der Waals surface area contributed by atoms with E-state index in [1.807, 2.05) is 0 Å². The molecule has 17 nitrogen and oxygen atoms in total. The van der Waals surface area contributed by atoms with Crippen molar-refractivity contribution in [1.82, 2.24) is 0 Å². The first-order valence-corrected chi connectivity index (χ1v) is 46.2. The first kappa shape index (κ1) is 101. The molecule has 0 spiro atoms. The van der Waals surface area contributed by atoms with Crippen LogP contribution >= 0.6 is 15.6 Å². The summed E-state index contributed by atoms with van der Waals surface area (Å²) in [5.41, 5.74) is 0. The first-order valence-electron chi connectivity index (χ1n) is 43.2. The van der Waals surface area contributed by atoms with Crippen molar-refractivity contribution in [3.8, 4) is 0 Å². The van der Waals surface area contributed by atoms with Crippen molar-refractivity contribution >= 4 is 39.5 Å². The molecule has 0 heterocycles. The molecule has 0 fully saturated rings. The van der Waals surface area contributed by atoms with Gasteiger partial charge in [-0.25, -0.2) is 9.13 Å². The fourth-order valence-corrected chi connectivity index (χ4v) is 14.5. The maximum Gasteiger partial charge on any atom is 0.472 e. The smallest absolute Gasteiger partial charge is 0.462 e. The zero-order valence-electron chi connectivity index (χ0n) is 68.0. The molecule has 5 atom stereocenters. The number of hydrogen-bond donors (Lipinski definition) is 3. The zero-order valence-corrected chi connectivity index (χ0v) is 69.7. The minimum absolute atomic E-state index is 0.106. The van der Waals surface area contributed by atoms with E-state index in [0.717, 1.165) is 114 Å². The van der Waals surface area contributed by atoms with Crippen molar-refractivity contribution in [3.63, 3.8) is 0 Å². The lowest BCUT2D eigenvalue weighted by Crippen LogP contribution is -2.30. The highest BCUT2D eigenvalue weighted by atomic mass is 31.2. The Hall–Kier alpha value is -1.94. The first-order chi connectivity index (χ1) is 49.6. The Balaban J connectivity index is 5.25. The summed E-state index contributed by atoms with van der Waals surface area (Å²) in [5, 5.41) is 10.7. The molecule has 0 bridgehead atoms. The van der Waals surface area contributed by atoms with Crippen LogP contribution in [0.3, 0.4) is 0 Å². The Kier molecular flexibility index (Phi) is 71.5. The standard InChI is InChI=1S/C84H164O17P2/c1-74(2)60-52-44-36-28-22-17-13-9-11-15-19-25-31-40-48-56-64-81(86)94-70-79(100-83(88)66-58-50-42-32-26-20-16-12-10-14-18-23-29-37-45-53-61-75(3)4)72-98-102(90,91)96-68-78(85)69-97-103(92,93)99-73-80(71-95-82(87)65-57-49-41-35-34-39-47-55-63-77(7)8)101-84(89)67-59-51-43-33-27-21-24-30-38-46-54-62-76(5)6/h74-80,85H,9-73H2,1-8H3,(H,90,91)(H,92,93)/t78-,79-,80-/m1/s1. The Labute approximate surface area is 632 Å². The predicted octanol–water partition coefficient (Wildman–Crippen LogP) is 25.2. The molecule has 0 rings (SSSR count). The Morgan fingerprint density at radius 1 is 0.243 bits per heavy atom. The molecule has 0 aromatic carbocycles. The maximum atomic E-state index is 13.1. The maximum absolute atomic E-state index is 13.1. The summed E-state index contributed by atoms with van der Waals surface area (Å²) >= 11 is 0. The van der Waals surface area contributed by atoms with Gasteiger partial charge in [-0.1, -0.05) is 383 Å². The van der Waals surface area contributed by atoms with Gasteiger partial charge in [-0.3, -0.25) is 37.3 Å². The van der Waals surface area contributed by atoms with Crippen molar-refractivity contribution < 1.29 is 80.2 Å². The molecule has 0 aliphatic heterocycles. The lowest BCUT2D eigenvalue weighted by molar-refractivity contribution is -0.161. The van der Waals surface area contributed by atoms with E-state index in [9.17, 15) is 43.2 Å². The largest absolute Gasteiger partial charge is 0.472 e. The van der Waals surface area contributed by atoms with E-state index in [1.165, 1.54) is 238 Å². The Bertz CT molecular complexity index is 2010. The molecule has 3 N–H and O–H groups in total. The van der Waals surface area contributed by atoms with Crippen molar-refractivity contribution in [2.75, 3.05) is 39.6 Å². The summed E-state index contributed by atoms with van der Waals surface area (Å²) < 4.78 is 68.8. The molecule has 2 unspecified atom stereocenters. The lowest BCUT2D eigenvalue weighted by atomic mass is 10.0. The van der Waals surface area contributed by atoms with E-state index in [4.69, 9.17) is 37.0 Å². The summed E-state index contributed by atoms with van der Waals surface area (Å²) in [5.74, 6) is 1.00. The van der Waals surface area contributed by atoms with E-state index >= 15 is 0 Å². The second-order valence-electron chi connectivity index (χ2n) is 32.1. The average molecular weight is 1510 g/mol. The minimum Gasteiger partial charge on any atom is -0.462 e. The van der Waals surface area contributed by atoms with Gasteiger partial charge in [0.05, 0.1) is 26.4 Å². The summed E-state index contributed by atoms with van der Waals surface area (Å²) in [4.78, 5) is 73.1. The number of unbranched alkanes of at least 4 members (excludes halogenated alkanes) is 47. The molecule has 0 radical (unpaired) electrons. The number of carbonyl (C=O) groups excluding carboxylic acids is 4. The molecule has 612 valence electrons. The minimum atomic E-state index is -4.97. The summed E-state index contributed by atoms with van der Waals surface area (Å²) in [7, 11) is -9.93. The number of aliphatic hydroxyl groups excluding tert-OH is 1. The molecule has 0 saturated carbocycles. The van der Waals surface area contributed by atoms with Crippen LogP contribution in [0.1, 0.15) is 434 Å². The van der Waals surface area contributed by atoms with Gasteiger partial charge < -0.3 is 33.8 Å². The van der Waals surface area contributed by atoms with E-state index in [0.29, 0.717) is 25.7 Å². The van der Waals surface area contributed by atoms with Crippen LogP contribution < -0.4 is 0 Å². The second-order valence-corrected chi connectivity index (χ2v) is 35.0. The molecule has 0 amide bonds. The average Bonchev–Trinajstić information content (AvgIpc) is 0.910. The second kappa shape index (κ2) is 72.9. The SMILES string of the molecule is CC(C)CCCCCCCCCCCCCCCCCCC(=O)OC[C@H](COP(=O)(O)OC[C@@H](O)COP(=O)(O)OC[C@@H](COC(=O)CCCCCCCCCCC(C)C)OC(=O)CCCCCCCCCCCCCC(C)C)OC(=O)CCCCCCCCCCCCCCCCCCC(C)C. The van der Waals surface area contributed by atoms with Crippen molar-refractivity contribution in [1.29, 1.82) is 0 Å². The fourth-order valence-electron chi connectivity index (χ4n) is 13.0. The predicted molar refractivity (Wildman–Crippen MR) is 423 cm³/mol. The van der Waals surface area contributed by atoms with Crippen LogP contribution in [0.5, 0.6) is 0 Å². The van der Waals surface area contributed by atoms with E-state index in [-0.39, 0.29) is 25.7 Å². The number of ether oxygens (including phenoxy) is 4. The highest BCUT2D eigenvalue weighted by molar-refractivity contribution is 7.47. The van der Waals surface area contributed by atoms with E-state index in [2.05, 4.69) is 55.4 Å². The molecule has 0 aromatic rings. The van der Waals surface area contributed by atoms with Gasteiger partial charge in [-0.05, 0) is 49.4 Å². The molecule has 0 aliphatic rings. The van der Waals surface area contributed by atoms with Crippen LogP contribution in [-0.2, 0) is 65.4 Å². The molecular weight excluding hydrogens is 1340 g/mol. The molecule has 0 saturated heterocycles. The Morgan fingerprint density at radius 2 is 0.408 bits per heavy atom. The van der Waals surface area contributed by atoms with Crippen LogP contribution in [0.25, 0.3) is 0 Å². The van der Waals surface area contributed by atoms with Crippen molar-refractivity contribution in [3.05, 3.63) is 0 Å². The summed E-state index contributed by atoms with van der Waals surface area (Å²) in [6.45, 7) is 14.3. The monoisotopic (exact) mass is 1510 g/mol. The van der Waals surface area contributed by atoms with Gasteiger partial charge in [-0.2, -0.15) is 0 Å². The number of carbonyl (C=O) groups is 4. The van der Waals surface area contributed by atoms with E-state index in [1.54, 1.807) is 0 Å². The number of esters is 4. The van der Waals surface area contributed by atoms with Crippen LogP contribution in [0.2, 0.25) is 0 Å². The lowest BCUT2D eigenvalue weighted by Gasteiger charge is -2.21. The number of aliphatic hydroxyl groups is 1. The quantitative estimate of drug-likeness (QED) is 0.0222. The van der Waals surface area contributed by atoms with Gasteiger partial charge in [0.2, 0.25) is 0 Å². The number of phosphoric acid groups is 2. The van der Waals surface area contributed by atoms with Gasteiger partial charge in [0.15, 0.2) is 12.2 Å². The third-order valence-corrected chi connectivity index (χ3v) is 21.5. The summed E-state index contributed by atoms with van der Waals surface area (Å²) in [6, 6.07) is 0. The van der Waals surface area contributed by atoms with Gasteiger partial charge in [0, 0.05) is 25.7 Å². The third kappa shape index (κ3) is 78.0. The van der Waals surface area contributed by atoms with Crippen LogP contribution in [0.15, 0.2) is 0 Å². The number of phosphoric ester groups is 2. The van der Waals surface area contributed by atoms with Crippen LogP contribution in [0.4, 0.5) is 0 Å². The molecule has 19 heteroatoms. The molecule has 0 aliphatic carbocycles. The normalized spacial score (nSPS) is 14.0. The van der Waals surface area contributed by atoms with Crippen molar-refractivity contribution in [2.24, 2.45) is 23.7 Å². The van der Waals surface area contributed by atoms with Gasteiger partial charge >= 0.3 is 39.5 Å². The van der Waals surface area contributed by atoms with Gasteiger partial charge in [-0.15, -0.1) is 0 Å².